The van der Waals surface area contributed by atoms with Crippen molar-refractivity contribution in [3.63, 3.8) is 0 Å². The molecule has 0 unspecified atom stereocenters. The Morgan fingerprint density at radius 2 is 1.76 bits per heavy atom. The van der Waals surface area contributed by atoms with Crippen LogP contribution in [0.15, 0.2) is 47.4 Å². The molecule has 25 heavy (non-hydrogen) atoms. The van der Waals surface area contributed by atoms with Crippen LogP contribution < -0.4 is 10.0 Å². The first kappa shape index (κ1) is 18.7. The molecule has 0 amide bonds. The molecule has 2 aromatic carbocycles. The highest BCUT2D eigenvalue weighted by molar-refractivity contribution is 7.92. The third-order valence-electron chi connectivity index (χ3n) is 3.27. The van der Waals surface area contributed by atoms with E-state index in [4.69, 9.17) is 4.74 Å². The second-order valence-corrected chi connectivity index (χ2v) is 6.75. The van der Waals surface area contributed by atoms with E-state index in [1.54, 1.807) is 19.1 Å². The SMILES string of the molecule is CCNc1ccc(C(=O)OCC)cc1NS(=O)(=O)c1ccc(F)cc1. The number of ether oxygens (including phenoxy) is 1. The van der Waals surface area contributed by atoms with Crippen molar-refractivity contribution in [2.24, 2.45) is 0 Å². The highest BCUT2D eigenvalue weighted by Gasteiger charge is 2.18. The molecule has 0 radical (unpaired) electrons. The molecule has 6 nitrogen and oxygen atoms in total. The Bertz CT molecular complexity index is 851. The summed E-state index contributed by atoms with van der Waals surface area (Å²) >= 11 is 0. The lowest BCUT2D eigenvalue weighted by molar-refractivity contribution is 0.0526. The molecule has 0 atom stereocenters. The molecular weight excluding hydrogens is 347 g/mol. The maximum Gasteiger partial charge on any atom is 0.338 e. The van der Waals surface area contributed by atoms with E-state index in [1.165, 1.54) is 18.2 Å². The summed E-state index contributed by atoms with van der Waals surface area (Å²) in [6.45, 7) is 4.31. The summed E-state index contributed by atoms with van der Waals surface area (Å²) in [5.41, 5.74) is 0.943. The van der Waals surface area contributed by atoms with Crippen LogP contribution in [0.4, 0.5) is 15.8 Å². The van der Waals surface area contributed by atoms with Gasteiger partial charge in [0.2, 0.25) is 0 Å². The highest BCUT2D eigenvalue weighted by atomic mass is 32.2. The number of carbonyl (C=O) groups excluding carboxylic acids is 1. The fourth-order valence-electron chi connectivity index (χ4n) is 2.13. The average molecular weight is 366 g/mol. The van der Waals surface area contributed by atoms with Gasteiger partial charge in [0.05, 0.1) is 28.4 Å². The molecule has 2 aromatic rings. The number of nitrogens with one attached hydrogen (secondary N) is 2. The number of sulfonamides is 1. The van der Waals surface area contributed by atoms with E-state index < -0.39 is 21.8 Å². The summed E-state index contributed by atoms with van der Waals surface area (Å²) in [4.78, 5) is 11.8. The van der Waals surface area contributed by atoms with Crippen molar-refractivity contribution in [3.05, 3.63) is 53.8 Å². The van der Waals surface area contributed by atoms with Crippen LogP contribution in [-0.2, 0) is 14.8 Å². The van der Waals surface area contributed by atoms with Crippen molar-refractivity contribution in [2.45, 2.75) is 18.7 Å². The summed E-state index contributed by atoms with van der Waals surface area (Å²) in [7, 11) is -3.93. The smallest absolute Gasteiger partial charge is 0.338 e. The molecule has 0 bridgehead atoms. The molecule has 8 heteroatoms. The largest absolute Gasteiger partial charge is 0.462 e. The second kappa shape index (κ2) is 7.98. The van der Waals surface area contributed by atoms with Crippen LogP contribution in [0, 0.1) is 5.82 Å². The molecule has 0 spiro atoms. The fourth-order valence-corrected chi connectivity index (χ4v) is 3.20. The summed E-state index contributed by atoms with van der Waals surface area (Å²) in [6, 6.07) is 9.00. The number of halogens is 1. The molecule has 0 saturated carbocycles. The number of esters is 1. The van der Waals surface area contributed by atoms with Crippen molar-refractivity contribution in [3.8, 4) is 0 Å². The van der Waals surface area contributed by atoms with E-state index in [0.29, 0.717) is 12.2 Å². The molecule has 0 heterocycles. The van der Waals surface area contributed by atoms with E-state index in [2.05, 4.69) is 10.0 Å². The van der Waals surface area contributed by atoms with E-state index in [0.717, 1.165) is 12.1 Å². The van der Waals surface area contributed by atoms with Crippen LogP contribution in [0.25, 0.3) is 0 Å². The Morgan fingerprint density at radius 3 is 2.36 bits per heavy atom. The predicted octanol–water partition coefficient (Wildman–Crippen LogP) is 3.24. The molecule has 0 aliphatic heterocycles. The van der Waals surface area contributed by atoms with E-state index >= 15 is 0 Å². The predicted molar refractivity (Wildman–Crippen MR) is 93.8 cm³/mol. The Labute approximate surface area is 146 Å². The van der Waals surface area contributed by atoms with E-state index in [-0.39, 0.29) is 22.8 Å². The number of hydrogen-bond donors (Lipinski definition) is 2. The lowest BCUT2D eigenvalue weighted by Crippen LogP contribution is -2.15. The van der Waals surface area contributed by atoms with Crippen molar-refractivity contribution < 1.29 is 22.3 Å². The normalized spacial score (nSPS) is 11.0. The Kier molecular flexibility index (Phi) is 5.97. The first-order valence-electron chi connectivity index (χ1n) is 7.70. The van der Waals surface area contributed by atoms with Gasteiger partial charge in [0, 0.05) is 6.54 Å². The Hall–Kier alpha value is -2.61. The molecular formula is C17H19FN2O4S. The zero-order valence-electron chi connectivity index (χ0n) is 13.9. The van der Waals surface area contributed by atoms with Crippen molar-refractivity contribution in [2.75, 3.05) is 23.2 Å². The van der Waals surface area contributed by atoms with Crippen molar-refractivity contribution in [1.82, 2.24) is 0 Å². The molecule has 0 aliphatic rings. The topological polar surface area (TPSA) is 84.5 Å². The van der Waals surface area contributed by atoms with E-state index in [1.807, 2.05) is 6.92 Å². The summed E-state index contributed by atoms with van der Waals surface area (Å²) in [5.74, 6) is -1.08. The maximum absolute atomic E-state index is 13.0. The lowest BCUT2D eigenvalue weighted by atomic mass is 10.1. The number of anilines is 2. The highest BCUT2D eigenvalue weighted by Crippen LogP contribution is 2.26. The maximum atomic E-state index is 13.0. The summed E-state index contributed by atoms with van der Waals surface area (Å²) in [5, 5.41) is 3.02. The number of hydrogen-bond acceptors (Lipinski definition) is 5. The first-order chi connectivity index (χ1) is 11.9. The van der Waals surface area contributed by atoms with Crippen LogP contribution >= 0.6 is 0 Å². The third kappa shape index (κ3) is 4.69. The van der Waals surface area contributed by atoms with Crippen LogP contribution in [0.2, 0.25) is 0 Å². The third-order valence-corrected chi connectivity index (χ3v) is 4.65. The average Bonchev–Trinajstić information content (AvgIpc) is 2.57. The second-order valence-electron chi connectivity index (χ2n) is 5.07. The zero-order chi connectivity index (χ0) is 18.4. The van der Waals surface area contributed by atoms with Gasteiger partial charge in [-0.05, 0) is 56.3 Å². The Balaban J connectivity index is 2.39. The molecule has 134 valence electrons. The first-order valence-corrected chi connectivity index (χ1v) is 9.19. The van der Waals surface area contributed by atoms with Gasteiger partial charge in [-0.3, -0.25) is 4.72 Å². The van der Waals surface area contributed by atoms with Gasteiger partial charge >= 0.3 is 5.97 Å². The van der Waals surface area contributed by atoms with Gasteiger partial charge in [0.15, 0.2) is 0 Å². The zero-order valence-corrected chi connectivity index (χ0v) is 14.7. The standard InChI is InChI=1S/C17H19FN2O4S/c1-3-19-15-10-5-12(17(21)24-4-2)11-16(15)20-25(22,23)14-8-6-13(18)7-9-14/h5-11,19-20H,3-4H2,1-2H3. The van der Waals surface area contributed by atoms with Crippen LogP contribution in [0.5, 0.6) is 0 Å². The molecule has 2 rings (SSSR count). The fraction of sp³-hybridized carbons (Fsp3) is 0.235. The quantitative estimate of drug-likeness (QED) is 0.735. The minimum absolute atomic E-state index is 0.0853. The summed E-state index contributed by atoms with van der Waals surface area (Å²) in [6.07, 6.45) is 0. The minimum Gasteiger partial charge on any atom is -0.462 e. The molecule has 0 aliphatic carbocycles. The van der Waals surface area contributed by atoms with Gasteiger partial charge < -0.3 is 10.1 Å². The number of benzene rings is 2. The van der Waals surface area contributed by atoms with Gasteiger partial charge in [-0.25, -0.2) is 17.6 Å². The minimum atomic E-state index is -3.93. The lowest BCUT2D eigenvalue weighted by Gasteiger charge is -2.15. The molecule has 0 saturated heterocycles. The van der Waals surface area contributed by atoms with Gasteiger partial charge in [0.1, 0.15) is 5.82 Å². The number of rotatable bonds is 7. The van der Waals surface area contributed by atoms with Gasteiger partial charge in [-0.15, -0.1) is 0 Å². The monoisotopic (exact) mass is 366 g/mol. The van der Waals surface area contributed by atoms with E-state index in [9.17, 15) is 17.6 Å². The van der Waals surface area contributed by atoms with Crippen LogP contribution in [0.3, 0.4) is 0 Å². The van der Waals surface area contributed by atoms with Crippen molar-refractivity contribution >= 4 is 27.4 Å². The van der Waals surface area contributed by atoms with Gasteiger partial charge in [0.25, 0.3) is 10.0 Å². The Morgan fingerprint density at radius 1 is 1.08 bits per heavy atom. The summed E-state index contributed by atoms with van der Waals surface area (Å²) < 4.78 is 45.4. The van der Waals surface area contributed by atoms with Crippen molar-refractivity contribution in [1.29, 1.82) is 0 Å². The molecule has 0 fully saturated rings. The molecule has 2 N–H and O–H groups in total. The number of carbonyl (C=O) groups is 1. The molecule has 0 aromatic heterocycles. The van der Waals surface area contributed by atoms with Crippen LogP contribution in [-0.4, -0.2) is 27.5 Å². The van der Waals surface area contributed by atoms with Gasteiger partial charge in [-0.2, -0.15) is 0 Å². The van der Waals surface area contributed by atoms with Crippen LogP contribution in [0.1, 0.15) is 24.2 Å². The van der Waals surface area contributed by atoms with Gasteiger partial charge in [-0.1, -0.05) is 0 Å².